The highest BCUT2D eigenvalue weighted by atomic mass is 32.1. The number of pyridine rings is 1. The number of hydroxylamine groups is 1. The van der Waals surface area contributed by atoms with Crippen molar-refractivity contribution in [3.05, 3.63) is 76.9 Å². The number of hydrogen-bond donors (Lipinski definition) is 3. The Morgan fingerprint density at radius 2 is 1.92 bits per heavy atom. The highest BCUT2D eigenvalue weighted by molar-refractivity contribution is 7.17. The molecule has 25 heavy (non-hydrogen) atoms. The quantitative estimate of drug-likeness (QED) is 0.346. The second kappa shape index (κ2) is 8.53. The highest BCUT2D eigenvalue weighted by Crippen LogP contribution is 2.28. The maximum Gasteiger partial charge on any atom is 0.284 e. The average Bonchev–Trinajstić information content (AvgIpc) is 3.16. The molecule has 0 spiro atoms. The van der Waals surface area contributed by atoms with E-state index in [0.717, 1.165) is 35.6 Å². The van der Waals surface area contributed by atoms with Gasteiger partial charge in [0.1, 0.15) is 0 Å². The third-order valence-electron chi connectivity index (χ3n) is 3.78. The average molecular weight is 353 g/mol. The van der Waals surface area contributed by atoms with E-state index in [2.05, 4.69) is 22.4 Å². The number of nitrogens with one attached hydrogen (secondary N) is 2. The van der Waals surface area contributed by atoms with Gasteiger partial charge in [0, 0.05) is 36.3 Å². The van der Waals surface area contributed by atoms with Crippen LogP contribution in [0.2, 0.25) is 0 Å². The van der Waals surface area contributed by atoms with E-state index in [1.54, 1.807) is 11.5 Å². The van der Waals surface area contributed by atoms with Crippen LogP contribution in [0.5, 0.6) is 0 Å². The number of hydrogen-bond acceptors (Lipinski definition) is 5. The molecular weight excluding hydrogens is 334 g/mol. The van der Waals surface area contributed by atoms with Gasteiger partial charge in [-0.25, -0.2) is 5.48 Å². The third kappa shape index (κ3) is 4.73. The van der Waals surface area contributed by atoms with E-state index in [4.69, 9.17) is 5.21 Å². The first-order chi connectivity index (χ1) is 12.3. The van der Waals surface area contributed by atoms with Crippen molar-refractivity contribution in [2.75, 3.05) is 6.54 Å². The molecule has 0 fully saturated rings. The van der Waals surface area contributed by atoms with E-state index in [1.165, 1.54) is 16.9 Å². The largest absolute Gasteiger partial charge is 0.312 e. The van der Waals surface area contributed by atoms with E-state index in [-0.39, 0.29) is 0 Å². The van der Waals surface area contributed by atoms with Crippen molar-refractivity contribution in [1.29, 1.82) is 0 Å². The van der Waals surface area contributed by atoms with Crippen molar-refractivity contribution in [2.24, 2.45) is 0 Å². The number of amides is 1. The van der Waals surface area contributed by atoms with Gasteiger partial charge in [0.25, 0.3) is 5.91 Å². The summed E-state index contributed by atoms with van der Waals surface area (Å²) >= 11 is 1.35. The van der Waals surface area contributed by atoms with E-state index >= 15 is 0 Å². The molecule has 0 aliphatic heterocycles. The van der Waals surface area contributed by atoms with Gasteiger partial charge in [-0.05, 0) is 35.4 Å². The molecule has 6 heteroatoms. The van der Waals surface area contributed by atoms with Crippen molar-refractivity contribution in [1.82, 2.24) is 15.8 Å². The second-order valence-corrected chi connectivity index (χ2v) is 6.63. The topological polar surface area (TPSA) is 74.2 Å². The first-order valence-electron chi connectivity index (χ1n) is 8.00. The fourth-order valence-electron chi connectivity index (χ4n) is 2.45. The minimum absolute atomic E-state index is 0.482. The molecule has 3 aromatic rings. The summed E-state index contributed by atoms with van der Waals surface area (Å²) in [6.45, 7) is 1.68. The second-order valence-electron chi connectivity index (χ2n) is 5.55. The Morgan fingerprint density at radius 1 is 1.08 bits per heavy atom. The number of nitrogens with zero attached hydrogens (tertiary/aromatic N) is 1. The van der Waals surface area contributed by atoms with Crippen LogP contribution >= 0.6 is 11.3 Å². The lowest BCUT2D eigenvalue weighted by molar-refractivity contribution is 0.0711. The van der Waals surface area contributed by atoms with Crippen LogP contribution in [0, 0.1) is 0 Å². The Bertz CT molecular complexity index is 816. The zero-order valence-corrected chi connectivity index (χ0v) is 14.4. The Kier molecular flexibility index (Phi) is 5.90. The molecule has 0 saturated carbocycles. The van der Waals surface area contributed by atoms with E-state index in [1.807, 2.05) is 42.6 Å². The summed E-state index contributed by atoms with van der Waals surface area (Å²) in [7, 11) is 0. The molecule has 2 heterocycles. The fraction of sp³-hybridized carbons (Fsp3) is 0.158. The van der Waals surface area contributed by atoms with Crippen LogP contribution in [0.4, 0.5) is 0 Å². The van der Waals surface area contributed by atoms with Gasteiger partial charge in [0.15, 0.2) is 0 Å². The molecular formula is C19H19N3O2S. The maximum atomic E-state index is 11.4. The molecule has 0 radical (unpaired) electrons. The Labute approximate surface area is 150 Å². The molecule has 128 valence electrons. The molecule has 0 aliphatic carbocycles. The van der Waals surface area contributed by atoms with Crippen LogP contribution in [-0.4, -0.2) is 22.6 Å². The van der Waals surface area contributed by atoms with Crippen molar-refractivity contribution in [2.45, 2.75) is 13.0 Å². The molecule has 1 aromatic carbocycles. The van der Waals surface area contributed by atoms with Crippen LogP contribution in [0.3, 0.4) is 0 Å². The van der Waals surface area contributed by atoms with Crippen LogP contribution in [0.25, 0.3) is 10.4 Å². The van der Waals surface area contributed by atoms with Gasteiger partial charge in [-0.1, -0.05) is 30.3 Å². The van der Waals surface area contributed by atoms with Crippen LogP contribution in [-0.2, 0) is 13.0 Å². The summed E-state index contributed by atoms with van der Waals surface area (Å²) in [5, 5.41) is 12.1. The van der Waals surface area contributed by atoms with Gasteiger partial charge in [-0.3, -0.25) is 15.0 Å². The van der Waals surface area contributed by atoms with Gasteiger partial charge in [-0.2, -0.15) is 0 Å². The van der Waals surface area contributed by atoms with Gasteiger partial charge < -0.3 is 5.32 Å². The van der Waals surface area contributed by atoms with Crippen molar-refractivity contribution >= 4 is 17.2 Å². The molecule has 3 rings (SSSR count). The van der Waals surface area contributed by atoms with Crippen LogP contribution in [0.15, 0.2) is 60.8 Å². The predicted molar refractivity (Wildman–Crippen MR) is 98.7 cm³/mol. The van der Waals surface area contributed by atoms with Gasteiger partial charge in [0.2, 0.25) is 0 Å². The Morgan fingerprint density at radius 3 is 2.64 bits per heavy atom. The SMILES string of the molecule is O=C(NO)c1ccc(-c2ccc(CNCCc3ccccn3)cc2)s1. The summed E-state index contributed by atoms with van der Waals surface area (Å²) in [5.74, 6) is -0.482. The number of thiophene rings is 1. The Balaban J connectivity index is 1.52. The molecule has 5 nitrogen and oxygen atoms in total. The minimum atomic E-state index is -0.482. The fourth-order valence-corrected chi connectivity index (χ4v) is 3.35. The number of benzene rings is 1. The molecule has 0 bridgehead atoms. The van der Waals surface area contributed by atoms with Gasteiger partial charge in [0.05, 0.1) is 4.88 Å². The smallest absolute Gasteiger partial charge is 0.284 e. The summed E-state index contributed by atoms with van der Waals surface area (Å²) in [4.78, 5) is 17.2. The molecule has 0 unspecified atom stereocenters. The molecule has 0 saturated heterocycles. The van der Waals surface area contributed by atoms with Crippen molar-refractivity contribution in [3.8, 4) is 10.4 Å². The van der Waals surface area contributed by atoms with Crippen molar-refractivity contribution in [3.63, 3.8) is 0 Å². The minimum Gasteiger partial charge on any atom is -0.312 e. The number of carbonyl (C=O) groups is 1. The van der Waals surface area contributed by atoms with Crippen LogP contribution in [0.1, 0.15) is 20.9 Å². The zero-order chi connectivity index (χ0) is 17.5. The first-order valence-corrected chi connectivity index (χ1v) is 8.82. The van der Waals surface area contributed by atoms with Crippen molar-refractivity contribution < 1.29 is 10.0 Å². The highest BCUT2D eigenvalue weighted by Gasteiger charge is 2.09. The summed E-state index contributed by atoms with van der Waals surface area (Å²) in [6.07, 6.45) is 2.72. The summed E-state index contributed by atoms with van der Waals surface area (Å²) in [6, 6.07) is 17.8. The Hall–Kier alpha value is -2.54. The molecule has 1 amide bonds. The molecule has 0 aliphatic rings. The van der Waals surface area contributed by atoms with E-state index in [9.17, 15) is 4.79 Å². The normalized spacial score (nSPS) is 10.6. The molecule has 3 N–H and O–H groups in total. The van der Waals surface area contributed by atoms with E-state index < -0.39 is 5.91 Å². The molecule has 0 atom stereocenters. The number of carbonyl (C=O) groups excluding carboxylic acids is 1. The predicted octanol–water partition coefficient (Wildman–Crippen LogP) is 3.26. The first kappa shape index (κ1) is 17.3. The number of rotatable bonds is 7. The monoisotopic (exact) mass is 353 g/mol. The lowest BCUT2D eigenvalue weighted by Crippen LogP contribution is -2.17. The van der Waals surface area contributed by atoms with Crippen LogP contribution < -0.4 is 10.8 Å². The standard InChI is InChI=1S/C19H19N3O2S/c23-19(22-24)18-9-8-17(25-18)15-6-4-14(5-7-15)13-20-12-10-16-3-1-2-11-21-16/h1-9,11,20,24H,10,12-13H2,(H,22,23). The third-order valence-corrected chi connectivity index (χ3v) is 4.92. The number of aromatic nitrogens is 1. The lowest BCUT2D eigenvalue weighted by Gasteiger charge is -2.06. The summed E-state index contributed by atoms with van der Waals surface area (Å²) < 4.78 is 0. The van der Waals surface area contributed by atoms with Gasteiger partial charge >= 0.3 is 0 Å². The van der Waals surface area contributed by atoms with Gasteiger partial charge in [-0.15, -0.1) is 11.3 Å². The van der Waals surface area contributed by atoms with E-state index in [0.29, 0.717) is 4.88 Å². The zero-order valence-electron chi connectivity index (χ0n) is 13.6. The maximum absolute atomic E-state index is 11.4. The summed E-state index contributed by atoms with van der Waals surface area (Å²) in [5.41, 5.74) is 5.00. The lowest BCUT2D eigenvalue weighted by atomic mass is 10.1. The molecule has 2 aromatic heterocycles.